The molecular formula is C12H13BrF3NO3. The van der Waals surface area contributed by atoms with Gasteiger partial charge in [-0.1, -0.05) is 15.9 Å². The number of amides is 1. The minimum absolute atomic E-state index is 0.150. The molecule has 8 heteroatoms. The molecule has 0 spiro atoms. The quantitative estimate of drug-likeness (QED) is 0.814. The Morgan fingerprint density at radius 1 is 1.45 bits per heavy atom. The maximum atomic E-state index is 13.4. The molecule has 0 aliphatic rings. The van der Waals surface area contributed by atoms with Crippen LogP contribution in [0.5, 0.6) is 5.75 Å². The summed E-state index contributed by atoms with van der Waals surface area (Å²) in [6.45, 7) is -2.04. The Morgan fingerprint density at radius 3 is 2.70 bits per heavy atom. The van der Waals surface area contributed by atoms with Crippen molar-refractivity contribution in [2.75, 3.05) is 26.3 Å². The van der Waals surface area contributed by atoms with Gasteiger partial charge in [-0.15, -0.1) is 0 Å². The highest BCUT2D eigenvalue weighted by Crippen LogP contribution is 2.21. The number of carbonyl (C=O) groups excluding carboxylic acids is 1. The maximum absolute atomic E-state index is 13.4. The number of aliphatic hydroxyl groups is 1. The summed E-state index contributed by atoms with van der Waals surface area (Å²) in [7, 11) is 0. The number of aliphatic hydroxyl groups excluding tert-OH is 1. The zero-order chi connectivity index (χ0) is 15.1. The second kappa shape index (κ2) is 8.11. The standard InChI is InChI=1S/C12H13BrF3NO3/c13-8-1-2-10(9(14)5-8)20-7-12(19)17(3-4-18)6-11(15)16/h1-2,5,11,18H,3-4,6-7H2. The van der Waals surface area contributed by atoms with Crippen LogP contribution in [-0.2, 0) is 4.79 Å². The van der Waals surface area contributed by atoms with Crippen LogP contribution in [0.3, 0.4) is 0 Å². The van der Waals surface area contributed by atoms with Crippen LogP contribution in [0.2, 0.25) is 0 Å². The minimum atomic E-state index is -2.71. The lowest BCUT2D eigenvalue weighted by atomic mass is 10.3. The van der Waals surface area contributed by atoms with Gasteiger partial charge in [0.05, 0.1) is 13.2 Å². The molecule has 112 valence electrons. The predicted molar refractivity (Wildman–Crippen MR) is 69.3 cm³/mol. The molecule has 0 atom stereocenters. The van der Waals surface area contributed by atoms with Gasteiger partial charge in [-0.2, -0.15) is 0 Å². The second-order valence-electron chi connectivity index (χ2n) is 3.82. The van der Waals surface area contributed by atoms with Crippen molar-refractivity contribution in [3.8, 4) is 5.75 Å². The van der Waals surface area contributed by atoms with Crippen LogP contribution in [0.4, 0.5) is 13.2 Å². The fourth-order valence-electron chi connectivity index (χ4n) is 1.43. The van der Waals surface area contributed by atoms with Crippen molar-refractivity contribution >= 4 is 21.8 Å². The van der Waals surface area contributed by atoms with Crippen LogP contribution in [0.15, 0.2) is 22.7 Å². The van der Waals surface area contributed by atoms with Crippen molar-refractivity contribution in [2.45, 2.75) is 6.43 Å². The Hall–Kier alpha value is -1.28. The summed E-state index contributed by atoms with van der Waals surface area (Å²) in [5.41, 5.74) is 0. The van der Waals surface area contributed by atoms with Crippen molar-refractivity contribution in [1.82, 2.24) is 4.90 Å². The van der Waals surface area contributed by atoms with Gasteiger partial charge in [0.15, 0.2) is 18.2 Å². The van der Waals surface area contributed by atoms with Gasteiger partial charge in [0.25, 0.3) is 12.3 Å². The molecule has 0 aliphatic heterocycles. The van der Waals surface area contributed by atoms with E-state index in [-0.39, 0.29) is 12.3 Å². The first kappa shape index (κ1) is 16.8. The first-order valence-corrected chi connectivity index (χ1v) is 6.48. The van der Waals surface area contributed by atoms with Gasteiger partial charge < -0.3 is 14.7 Å². The largest absolute Gasteiger partial charge is 0.481 e. The number of hydrogen-bond acceptors (Lipinski definition) is 3. The fraction of sp³-hybridized carbons (Fsp3) is 0.417. The van der Waals surface area contributed by atoms with E-state index in [0.29, 0.717) is 4.47 Å². The van der Waals surface area contributed by atoms with Gasteiger partial charge in [-0.25, -0.2) is 13.2 Å². The van der Waals surface area contributed by atoms with Crippen LogP contribution < -0.4 is 4.74 Å². The van der Waals surface area contributed by atoms with Crippen molar-refractivity contribution in [2.24, 2.45) is 0 Å². The highest BCUT2D eigenvalue weighted by atomic mass is 79.9. The first-order chi connectivity index (χ1) is 9.43. The molecule has 20 heavy (non-hydrogen) atoms. The minimum Gasteiger partial charge on any atom is -0.481 e. The van der Waals surface area contributed by atoms with E-state index in [4.69, 9.17) is 9.84 Å². The number of hydrogen-bond donors (Lipinski definition) is 1. The van der Waals surface area contributed by atoms with Gasteiger partial charge in [-0.05, 0) is 18.2 Å². The normalized spacial score (nSPS) is 10.7. The highest BCUT2D eigenvalue weighted by molar-refractivity contribution is 9.10. The van der Waals surface area contributed by atoms with Gasteiger partial charge in [0, 0.05) is 11.0 Å². The average Bonchev–Trinajstić information content (AvgIpc) is 2.36. The van der Waals surface area contributed by atoms with E-state index in [9.17, 15) is 18.0 Å². The second-order valence-corrected chi connectivity index (χ2v) is 4.73. The molecule has 0 saturated carbocycles. The van der Waals surface area contributed by atoms with Gasteiger partial charge >= 0.3 is 0 Å². The van der Waals surface area contributed by atoms with Gasteiger partial charge in [0.1, 0.15) is 0 Å². The van der Waals surface area contributed by atoms with Crippen molar-refractivity contribution in [3.63, 3.8) is 0 Å². The van der Waals surface area contributed by atoms with Crippen LogP contribution in [0.25, 0.3) is 0 Å². The number of carbonyl (C=O) groups is 1. The zero-order valence-corrected chi connectivity index (χ0v) is 11.9. The molecule has 4 nitrogen and oxygen atoms in total. The van der Waals surface area contributed by atoms with Crippen molar-refractivity contribution in [1.29, 1.82) is 0 Å². The lowest BCUT2D eigenvalue weighted by Crippen LogP contribution is -2.40. The average molecular weight is 356 g/mol. The summed E-state index contributed by atoms with van der Waals surface area (Å²) in [4.78, 5) is 12.4. The monoisotopic (exact) mass is 355 g/mol. The molecule has 1 aromatic rings. The van der Waals surface area contributed by atoms with Crippen LogP contribution in [0.1, 0.15) is 0 Å². The molecule has 0 heterocycles. The molecular weight excluding hydrogens is 343 g/mol. The summed E-state index contributed by atoms with van der Waals surface area (Å²) < 4.78 is 43.4. The number of nitrogens with zero attached hydrogens (tertiary/aromatic N) is 1. The van der Waals surface area contributed by atoms with Crippen LogP contribution >= 0.6 is 15.9 Å². The fourth-order valence-corrected chi connectivity index (χ4v) is 1.76. The third-order valence-corrected chi connectivity index (χ3v) is 2.82. The van der Waals surface area contributed by atoms with E-state index in [0.717, 1.165) is 11.0 Å². The van der Waals surface area contributed by atoms with E-state index >= 15 is 0 Å². The number of rotatable bonds is 7. The van der Waals surface area contributed by atoms with Crippen LogP contribution in [-0.4, -0.2) is 48.6 Å². The number of halogens is 4. The number of ether oxygens (including phenoxy) is 1. The lowest BCUT2D eigenvalue weighted by molar-refractivity contribution is -0.135. The third-order valence-electron chi connectivity index (χ3n) is 2.33. The van der Waals surface area contributed by atoms with E-state index < -0.39 is 37.9 Å². The van der Waals surface area contributed by atoms with Crippen molar-refractivity contribution < 1.29 is 27.8 Å². The molecule has 1 aromatic carbocycles. The van der Waals surface area contributed by atoms with E-state index in [1.807, 2.05) is 0 Å². The summed E-state index contributed by atoms with van der Waals surface area (Å²) >= 11 is 3.07. The summed E-state index contributed by atoms with van der Waals surface area (Å²) in [5, 5.41) is 8.71. The number of benzene rings is 1. The van der Waals surface area contributed by atoms with E-state index in [2.05, 4.69) is 15.9 Å². The van der Waals surface area contributed by atoms with E-state index in [1.54, 1.807) is 0 Å². The molecule has 1 amide bonds. The lowest BCUT2D eigenvalue weighted by Gasteiger charge is -2.21. The Bertz CT molecular complexity index is 460. The molecule has 1 rings (SSSR count). The molecule has 0 unspecified atom stereocenters. The molecule has 0 aliphatic carbocycles. The molecule has 1 N–H and O–H groups in total. The molecule has 0 saturated heterocycles. The molecule has 0 aromatic heterocycles. The SMILES string of the molecule is O=C(COc1ccc(Br)cc1F)N(CCO)CC(F)F. The summed E-state index contributed by atoms with van der Waals surface area (Å²) in [6, 6.07) is 3.99. The zero-order valence-electron chi connectivity index (χ0n) is 10.4. The maximum Gasteiger partial charge on any atom is 0.260 e. The summed E-state index contributed by atoms with van der Waals surface area (Å²) in [5.74, 6) is -1.57. The number of alkyl halides is 2. The van der Waals surface area contributed by atoms with Crippen LogP contribution in [0, 0.1) is 5.82 Å². The third kappa shape index (κ3) is 5.38. The molecule has 0 bridgehead atoms. The Kier molecular flexibility index (Phi) is 6.80. The first-order valence-electron chi connectivity index (χ1n) is 5.68. The highest BCUT2D eigenvalue weighted by Gasteiger charge is 2.18. The van der Waals surface area contributed by atoms with Gasteiger partial charge in [0.2, 0.25) is 0 Å². The topological polar surface area (TPSA) is 49.8 Å². The van der Waals surface area contributed by atoms with E-state index in [1.165, 1.54) is 12.1 Å². The Balaban J connectivity index is 2.59. The Morgan fingerprint density at radius 2 is 2.15 bits per heavy atom. The smallest absolute Gasteiger partial charge is 0.260 e. The molecule has 0 fully saturated rings. The molecule has 0 radical (unpaired) electrons. The Labute approximate surface area is 122 Å². The van der Waals surface area contributed by atoms with Crippen molar-refractivity contribution in [3.05, 3.63) is 28.5 Å². The predicted octanol–water partition coefficient (Wildman–Crippen LogP) is 2.05. The summed E-state index contributed by atoms with van der Waals surface area (Å²) in [6.07, 6.45) is -2.71. The van der Waals surface area contributed by atoms with Gasteiger partial charge in [-0.3, -0.25) is 4.79 Å².